The van der Waals surface area contributed by atoms with Crippen molar-refractivity contribution < 1.29 is 22.7 Å². The number of fused-ring (bicyclic) bond motifs is 2. The van der Waals surface area contributed by atoms with Gasteiger partial charge in [0.15, 0.2) is 15.6 Å². The quantitative estimate of drug-likeness (QED) is 0.335. The van der Waals surface area contributed by atoms with E-state index in [2.05, 4.69) is 16.0 Å². The Morgan fingerprint density at radius 2 is 1.98 bits per heavy atom. The average Bonchev–Trinajstić information content (AvgIpc) is 3.57. The monoisotopic (exact) mass is 563 g/mol. The van der Waals surface area contributed by atoms with Crippen LogP contribution in [0.3, 0.4) is 0 Å². The molecule has 11 heteroatoms. The summed E-state index contributed by atoms with van der Waals surface area (Å²) >= 11 is 0. The molecule has 0 atom stereocenters. The van der Waals surface area contributed by atoms with E-state index in [1.807, 2.05) is 39.1 Å². The highest BCUT2D eigenvalue weighted by atomic mass is 32.2. The molecule has 10 nitrogen and oxygen atoms in total. The van der Waals surface area contributed by atoms with Gasteiger partial charge < -0.3 is 14.5 Å². The summed E-state index contributed by atoms with van der Waals surface area (Å²) in [6.07, 6.45) is 6.06. The summed E-state index contributed by atoms with van der Waals surface area (Å²) in [4.78, 5) is 17.8. The number of esters is 1. The number of nitrogens with zero attached hydrogens (tertiary/aromatic N) is 4. The lowest BCUT2D eigenvalue weighted by Crippen LogP contribution is -2.54. The van der Waals surface area contributed by atoms with Crippen LogP contribution in [0, 0.1) is 18.3 Å². The van der Waals surface area contributed by atoms with E-state index in [9.17, 15) is 18.5 Å². The molecule has 4 aromatic rings. The Hall–Kier alpha value is -3.88. The van der Waals surface area contributed by atoms with E-state index in [4.69, 9.17) is 14.6 Å². The third-order valence-corrected chi connectivity index (χ3v) is 9.00. The number of rotatable bonds is 7. The first kappa shape index (κ1) is 27.7. The number of nitriles is 1. The van der Waals surface area contributed by atoms with Crippen molar-refractivity contribution in [2.45, 2.75) is 56.7 Å². The Balaban J connectivity index is 1.46. The van der Waals surface area contributed by atoms with E-state index in [1.165, 1.54) is 13.4 Å². The van der Waals surface area contributed by atoms with E-state index in [1.54, 1.807) is 23.0 Å². The first-order valence-electron chi connectivity index (χ1n) is 13.1. The number of hydrogen-bond donors (Lipinski definition) is 1. The van der Waals surface area contributed by atoms with Crippen LogP contribution in [-0.4, -0.2) is 72.1 Å². The van der Waals surface area contributed by atoms with Crippen molar-refractivity contribution in [3.8, 4) is 11.8 Å². The third-order valence-electron chi connectivity index (χ3n) is 7.83. The van der Waals surface area contributed by atoms with Gasteiger partial charge >= 0.3 is 5.97 Å². The fourth-order valence-electron chi connectivity index (χ4n) is 5.57. The molecule has 0 radical (unpaired) electrons. The molecular weight excluding hydrogens is 530 g/mol. The van der Waals surface area contributed by atoms with Crippen LogP contribution in [0.4, 0.5) is 0 Å². The maximum atomic E-state index is 12.7. The normalized spacial score (nSPS) is 15.4. The second-order valence-corrected chi connectivity index (χ2v) is 12.9. The molecule has 210 valence electrons. The fourth-order valence-corrected chi connectivity index (χ4v) is 6.58. The average molecular weight is 564 g/mol. The van der Waals surface area contributed by atoms with Gasteiger partial charge in [-0.15, -0.1) is 0 Å². The number of aromatic nitrogens is 3. The summed E-state index contributed by atoms with van der Waals surface area (Å²) in [6.45, 7) is 7.11. The highest BCUT2D eigenvalue weighted by Gasteiger charge is 2.38. The first-order valence-corrected chi connectivity index (χ1v) is 15.0. The minimum Gasteiger partial charge on any atom is -0.487 e. The standard InChI is InChI=1S/C29H33N5O5S/c1-18-14-24(40(5,36)37)23(22-8-11-31-25(18)22)17-34-16-20-7-6-19(15-30)27(26(20)32-34)39-21-9-12-33(13-10-21)29(2,3)28(35)38-4/h6-8,11,14,16,21,31H,9-10,12-13,17H2,1-5H3. The van der Waals surface area contributed by atoms with Crippen molar-refractivity contribution in [1.29, 1.82) is 5.26 Å². The number of H-pyrrole nitrogens is 1. The summed E-state index contributed by atoms with van der Waals surface area (Å²) < 4.78 is 38.5. The van der Waals surface area contributed by atoms with Crippen molar-refractivity contribution in [1.82, 2.24) is 19.7 Å². The van der Waals surface area contributed by atoms with Gasteiger partial charge in [-0.1, -0.05) is 0 Å². The van der Waals surface area contributed by atoms with Crippen LogP contribution in [-0.2, 0) is 25.9 Å². The van der Waals surface area contributed by atoms with E-state index in [-0.39, 0.29) is 23.5 Å². The van der Waals surface area contributed by atoms with Gasteiger partial charge in [0.2, 0.25) is 0 Å². The zero-order valence-corrected chi connectivity index (χ0v) is 24.1. The van der Waals surface area contributed by atoms with Gasteiger partial charge in [-0.2, -0.15) is 10.4 Å². The van der Waals surface area contributed by atoms with Gasteiger partial charge in [-0.3, -0.25) is 14.4 Å². The molecule has 0 bridgehead atoms. The van der Waals surface area contributed by atoms with E-state index >= 15 is 0 Å². The second-order valence-electron chi connectivity index (χ2n) is 10.9. The maximum absolute atomic E-state index is 12.7. The zero-order valence-electron chi connectivity index (χ0n) is 23.3. The number of carbonyl (C=O) groups excluding carboxylic acids is 1. The number of aromatic amines is 1. The van der Waals surface area contributed by atoms with Crippen molar-refractivity contribution >= 4 is 37.6 Å². The highest BCUT2D eigenvalue weighted by molar-refractivity contribution is 7.90. The molecule has 0 amide bonds. The summed E-state index contributed by atoms with van der Waals surface area (Å²) in [5, 5.41) is 16.2. The zero-order chi connectivity index (χ0) is 28.8. The minimum atomic E-state index is -3.49. The van der Waals surface area contributed by atoms with Crippen molar-refractivity contribution in [2.75, 3.05) is 26.5 Å². The summed E-state index contributed by atoms with van der Waals surface area (Å²) in [5.41, 5.74) is 2.59. The van der Waals surface area contributed by atoms with Crippen LogP contribution in [0.15, 0.2) is 41.6 Å². The molecule has 1 aliphatic heterocycles. The number of sulfone groups is 1. The molecule has 3 heterocycles. The van der Waals surface area contributed by atoms with Gasteiger partial charge in [0.05, 0.1) is 24.1 Å². The Bertz CT molecular complexity index is 1750. The molecule has 5 rings (SSSR count). The van der Waals surface area contributed by atoms with Gasteiger partial charge in [-0.05, 0) is 63.4 Å². The Labute approximate surface area is 233 Å². The molecule has 40 heavy (non-hydrogen) atoms. The molecule has 1 aliphatic rings. The van der Waals surface area contributed by atoms with Crippen LogP contribution in [0.2, 0.25) is 0 Å². The minimum absolute atomic E-state index is 0.152. The molecule has 0 aliphatic carbocycles. The largest absolute Gasteiger partial charge is 0.487 e. The molecule has 1 N–H and O–H groups in total. The van der Waals surface area contributed by atoms with Gasteiger partial charge in [0, 0.05) is 53.6 Å². The lowest BCUT2D eigenvalue weighted by atomic mass is 9.97. The Morgan fingerprint density at radius 1 is 1.25 bits per heavy atom. The topological polar surface area (TPSA) is 130 Å². The number of likely N-dealkylation sites (tertiary alicyclic amines) is 1. The molecule has 2 aromatic heterocycles. The summed E-state index contributed by atoms with van der Waals surface area (Å²) in [5.74, 6) is 0.141. The second kappa shape index (κ2) is 10.3. The van der Waals surface area contributed by atoms with E-state index in [0.29, 0.717) is 48.3 Å². The third kappa shape index (κ3) is 4.93. The maximum Gasteiger partial charge on any atom is 0.325 e. The first-order chi connectivity index (χ1) is 18.9. The van der Waals surface area contributed by atoms with Crippen molar-refractivity contribution in [2.24, 2.45) is 0 Å². The van der Waals surface area contributed by atoms with Crippen LogP contribution in [0.1, 0.15) is 43.4 Å². The molecule has 0 spiro atoms. The van der Waals surface area contributed by atoms with E-state index < -0.39 is 15.4 Å². The van der Waals surface area contributed by atoms with Gasteiger partial charge in [0.1, 0.15) is 23.2 Å². The molecule has 0 saturated carbocycles. The van der Waals surface area contributed by atoms with Crippen molar-refractivity contribution in [3.05, 3.63) is 53.3 Å². The molecule has 1 saturated heterocycles. The lowest BCUT2D eigenvalue weighted by molar-refractivity contribution is -0.154. The molecular formula is C29H33N5O5S. The predicted octanol–water partition coefficient (Wildman–Crippen LogP) is 3.94. The van der Waals surface area contributed by atoms with Crippen LogP contribution in [0.5, 0.6) is 5.75 Å². The highest BCUT2D eigenvalue weighted by Crippen LogP contribution is 2.34. The summed E-state index contributed by atoms with van der Waals surface area (Å²) in [6, 6.07) is 9.34. The number of hydrogen-bond acceptors (Lipinski definition) is 8. The Morgan fingerprint density at radius 3 is 2.62 bits per heavy atom. The van der Waals surface area contributed by atoms with Crippen LogP contribution < -0.4 is 4.74 Å². The molecule has 2 aromatic carbocycles. The number of aryl methyl sites for hydroxylation is 1. The number of piperidine rings is 1. The number of carbonyl (C=O) groups is 1. The fraction of sp³-hybridized carbons (Fsp3) is 0.414. The van der Waals surface area contributed by atoms with Crippen LogP contribution >= 0.6 is 0 Å². The smallest absolute Gasteiger partial charge is 0.325 e. The van der Waals surface area contributed by atoms with Gasteiger partial charge in [0.25, 0.3) is 0 Å². The van der Waals surface area contributed by atoms with Crippen LogP contribution in [0.25, 0.3) is 21.8 Å². The molecule has 0 unspecified atom stereocenters. The Kier molecular flexibility index (Phi) is 7.10. The number of methoxy groups -OCH3 is 1. The summed E-state index contributed by atoms with van der Waals surface area (Å²) in [7, 11) is -2.10. The lowest BCUT2D eigenvalue weighted by Gasteiger charge is -2.40. The number of nitrogens with one attached hydrogen (secondary N) is 1. The molecule has 1 fully saturated rings. The van der Waals surface area contributed by atoms with Crippen molar-refractivity contribution in [3.63, 3.8) is 0 Å². The number of ether oxygens (including phenoxy) is 2. The van der Waals surface area contributed by atoms with E-state index in [0.717, 1.165) is 21.9 Å². The van der Waals surface area contributed by atoms with Gasteiger partial charge in [-0.25, -0.2) is 8.42 Å². The SMILES string of the molecule is COC(=O)C(C)(C)N1CCC(Oc2c(C#N)ccc3cn(Cc4c(S(C)(=O)=O)cc(C)c5[nH]ccc45)nc23)CC1. The number of benzene rings is 2. The predicted molar refractivity (Wildman–Crippen MR) is 151 cm³/mol.